The third kappa shape index (κ3) is 46.8. The van der Waals surface area contributed by atoms with Crippen molar-refractivity contribution in [2.45, 2.75) is 0 Å². The van der Waals surface area contributed by atoms with E-state index in [1.54, 1.807) is 0 Å². The molecule has 0 atom stereocenters. The van der Waals surface area contributed by atoms with Gasteiger partial charge in [-0.3, -0.25) is 0 Å². The van der Waals surface area contributed by atoms with Crippen molar-refractivity contribution in [1.82, 2.24) is 0 Å². The SMILES string of the molecule is [In+3].[OH-].[OH-].[OH-].[SiH4]. The molecule has 32 valence electrons. The zero-order valence-electron chi connectivity index (χ0n) is 1.92. The van der Waals surface area contributed by atoms with Crippen molar-refractivity contribution in [3.8, 4) is 0 Å². The van der Waals surface area contributed by atoms with Gasteiger partial charge in [-0.05, 0) is 11.0 Å². The molecule has 5 heteroatoms. The first kappa shape index (κ1) is 157. The van der Waals surface area contributed by atoms with Crippen molar-refractivity contribution in [2.24, 2.45) is 0 Å². The van der Waals surface area contributed by atoms with Crippen molar-refractivity contribution in [1.29, 1.82) is 0 Å². The summed E-state index contributed by atoms with van der Waals surface area (Å²) in [5.74, 6) is 0. The Labute approximate surface area is 53.5 Å². The molecule has 0 rings (SSSR count). The van der Waals surface area contributed by atoms with Gasteiger partial charge in [-0.15, -0.1) is 0 Å². The Morgan fingerprint density at radius 1 is 0.600 bits per heavy atom. The van der Waals surface area contributed by atoms with Crippen LogP contribution in [0.25, 0.3) is 0 Å². The maximum Gasteiger partial charge on any atom is 3.00 e. The minimum absolute atomic E-state index is 0. The van der Waals surface area contributed by atoms with E-state index in [1.165, 1.54) is 0 Å². The third-order valence-electron chi connectivity index (χ3n) is 0. The van der Waals surface area contributed by atoms with E-state index >= 15 is 0 Å². The average molecular weight is 198 g/mol. The molecule has 0 radical (unpaired) electrons. The molecule has 0 aliphatic rings. The monoisotopic (exact) mass is 198 g/mol. The van der Waals surface area contributed by atoms with Crippen LogP contribution in [0.4, 0.5) is 0 Å². The molecule has 3 nitrogen and oxygen atoms in total. The molecule has 0 aliphatic heterocycles. The van der Waals surface area contributed by atoms with Gasteiger partial charge < -0.3 is 16.4 Å². The molecule has 0 aliphatic carbocycles. The van der Waals surface area contributed by atoms with Crippen LogP contribution in [0.1, 0.15) is 0 Å². The van der Waals surface area contributed by atoms with Crippen LogP contribution in [0.5, 0.6) is 0 Å². The Hall–Kier alpha value is 0.967. The molecule has 0 bridgehead atoms. The van der Waals surface area contributed by atoms with E-state index in [9.17, 15) is 0 Å². The largest absolute Gasteiger partial charge is 3.00 e. The normalized spacial score (nSPS) is 0. The van der Waals surface area contributed by atoms with Crippen molar-refractivity contribution in [3.63, 3.8) is 0 Å². The fourth-order valence-corrected chi connectivity index (χ4v) is 0. The summed E-state index contributed by atoms with van der Waals surface area (Å²) in [6.07, 6.45) is 0. The summed E-state index contributed by atoms with van der Waals surface area (Å²) in [6, 6.07) is 0. The van der Waals surface area contributed by atoms with Gasteiger partial charge in [0.1, 0.15) is 0 Å². The van der Waals surface area contributed by atoms with Crippen molar-refractivity contribution in [2.75, 3.05) is 0 Å². The molecule has 0 saturated carbocycles. The van der Waals surface area contributed by atoms with Crippen LogP contribution in [0.2, 0.25) is 0 Å². The summed E-state index contributed by atoms with van der Waals surface area (Å²) in [5.41, 5.74) is 0. The molecular formula is H7InO3Si. The quantitative estimate of drug-likeness (QED) is 0.407. The smallest absolute Gasteiger partial charge is 0.870 e. The van der Waals surface area contributed by atoms with Crippen molar-refractivity contribution < 1.29 is 16.4 Å². The van der Waals surface area contributed by atoms with Gasteiger partial charge in [0.05, 0.1) is 0 Å². The predicted molar refractivity (Wildman–Crippen MR) is 22.9 cm³/mol. The maximum atomic E-state index is 0. The first-order chi connectivity index (χ1) is 0. The molecule has 0 heterocycles. The molecule has 0 aromatic rings. The van der Waals surface area contributed by atoms with E-state index in [-0.39, 0.29) is 53.2 Å². The maximum absolute atomic E-state index is 0. The standard InChI is InChI=1S/In.3H2O.H4Si/h;3*1H2;1H4/q+3;;;;/p-3. The summed E-state index contributed by atoms with van der Waals surface area (Å²) >= 11 is 0. The van der Waals surface area contributed by atoms with Crippen LogP contribution < -0.4 is 0 Å². The van der Waals surface area contributed by atoms with Crippen LogP contribution in [-0.2, 0) is 0 Å². The minimum atomic E-state index is 0. The predicted octanol–water partition coefficient (Wildman–Crippen LogP) is -2.36. The van der Waals surface area contributed by atoms with E-state index in [0.29, 0.717) is 0 Å². The second kappa shape index (κ2) is 83.6. The number of hydrogen-bond acceptors (Lipinski definition) is 3. The van der Waals surface area contributed by atoms with Crippen LogP contribution in [-0.4, -0.2) is 53.2 Å². The van der Waals surface area contributed by atoms with Gasteiger partial charge in [-0.25, -0.2) is 0 Å². The summed E-state index contributed by atoms with van der Waals surface area (Å²) in [6.45, 7) is 0. The van der Waals surface area contributed by atoms with E-state index in [2.05, 4.69) is 0 Å². The van der Waals surface area contributed by atoms with Gasteiger partial charge in [-0.2, -0.15) is 0 Å². The first-order valence-electron chi connectivity index (χ1n) is 0. The van der Waals surface area contributed by atoms with Gasteiger partial charge in [0.25, 0.3) is 0 Å². The summed E-state index contributed by atoms with van der Waals surface area (Å²) < 4.78 is 0. The number of rotatable bonds is 0. The first-order valence-corrected chi connectivity index (χ1v) is 0. The third-order valence-corrected chi connectivity index (χ3v) is 0. The van der Waals surface area contributed by atoms with Crippen LogP contribution in [0, 0.1) is 0 Å². The van der Waals surface area contributed by atoms with Crippen LogP contribution in [0.15, 0.2) is 0 Å². The zero-order valence-corrected chi connectivity index (χ0v) is 5.21. The molecule has 0 saturated heterocycles. The Morgan fingerprint density at radius 2 is 0.600 bits per heavy atom. The average Bonchev–Trinajstić information content (AvgIpc) is 0. The van der Waals surface area contributed by atoms with Crippen LogP contribution >= 0.6 is 0 Å². The van der Waals surface area contributed by atoms with Gasteiger partial charge >= 0.3 is 25.8 Å². The van der Waals surface area contributed by atoms with Gasteiger partial charge in [-0.1, -0.05) is 0 Å². The molecule has 0 aromatic heterocycles. The van der Waals surface area contributed by atoms with Crippen molar-refractivity contribution in [3.05, 3.63) is 0 Å². The Bertz CT molecular complexity index is 6.85. The van der Waals surface area contributed by atoms with E-state index in [0.717, 1.165) is 0 Å². The molecule has 3 N–H and O–H groups in total. The Morgan fingerprint density at radius 3 is 0.600 bits per heavy atom. The minimum Gasteiger partial charge on any atom is -0.870 e. The van der Waals surface area contributed by atoms with E-state index in [4.69, 9.17) is 0 Å². The van der Waals surface area contributed by atoms with Crippen molar-refractivity contribution >= 4 is 36.8 Å². The summed E-state index contributed by atoms with van der Waals surface area (Å²) in [7, 11) is 0. The fraction of sp³-hybridized carbons (Fsp3) is 0. The molecule has 5 heavy (non-hydrogen) atoms. The summed E-state index contributed by atoms with van der Waals surface area (Å²) in [5, 5.41) is 0. The fourth-order valence-electron chi connectivity index (χ4n) is 0. The second-order valence-corrected chi connectivity index (χ2v) is 0. The second-order valence-electron chi connectivity index (χ2n) is 0. The molecule has 0 spiro atoms. The van der Waals surface area contributed by atoms with E-state index in [1.807, 2.05) is 0 Å². The van der Waals surface area contributed by atoms with Crippen LogP contribution in [0.3, 0.4) is 0 Å². The molecule has 0 unspecified atom stereocenters. The molecular weight excluding hydrogens is 191 g/mol. The molecule has 0 aromatic carbocycles. The van der Waals surface area contributed by atoms with Gasteiger partial charge in [0, 0.05) is 0 Å². The van der Waals surface area contributed by atoms with Gasteiger partial charge in [0.2, 0.25) is 0 Å². The Kier molecular flexibility index (Phi) is 2630. The molecule has 0 amide bonds. The Balaban J connectivity index is 0. The zero-order chi connectivity index (χ0) is 0. The van der Waals surface area contributed by atoms with E-state index < -0.39 is 0 Å². The van der Waals surface area contributed by atoms with Gasteiger partial charge in [0.15, 0.2) is 0 Å². The molecule has 0 fully saturated rings. The number of hydrogen-bond donors (Lipinski definition) is 0. The topological polar surface area (TPSA) is 90.0 Å². The summed E-state index contributed by atoms with van der Waals surface area (Å²) in [4.78, 5) is 0.